The lowest BCUT2D eigenvalue weighted by atomic mass is 9.95. The van der Waals surface area contributed by atoms with E-state index in [1.165, 1.54) is 12.1 Å². The number of alkyl halides is 3. The van der Waals surface area contributed by atoms with E-state index in [-0.39, 0.29) is 5.75 Å². The van der Waals surface area contributed by atoms with Gasteiger partial charge in [-0.15, -0.1) is 23.4 Å². The van der Waals surface area contributed by atoms with Gasteiger partial charge in [-0.3, -0.25) is 4.90 Å². The van der Waals surface area contributed by atoms with Gasteiger partial charge in [0.15, 0.2) is 0 Å². The molecule has 0 radical (unpaired) electrons. The van der Waals surface area contributed by atoms with E-state index in [0.717, 1.165) is 62.8 Å². The zero-order valence-electron chi connectivity index (χ0n) is 14.9. The first-order valence-corrected chi connectivity index (χ1v) is 9.18. The van der Waals surface area contributed by atoms with E-state index in [2.05, 4.69) is 29.7 Å². The van der Waals surface area contributed by atoms with Crippen molar-refractivity contribution >= 4 is 0 Å². The van der Waals surface area contributed by atoms with E-state index in [1.54, 1.807) is 6.07 Å². The number of benzene rings is 1. The van der Waals surface area contributed by atoms with Gasteiger partial charge < -0.3 is 14.6 Å². The smallest absolute Gasteiger partial charge is 0.406 e. The second kappa shape index (κ2) is 7.47. The van der Waals surface area contributed by atoms with Gasteiger partial charge in [0.2, 0.25) is 0 Å². The molecule has 3 heterocycles. The average molecular weight is 381 g/mol. The predicted molar refractivity (Wildman–Crippen MR) is 92.1 cm³/mol. The Morgan fingerprint density at radius 2 is 1.96 bits per heavy atom. The number of likely N-dealkylation sites (tertiary alicyclic amines) is 1. The molecule has 1 saturated heterocycles. The summed E-state index contributed by atoms with van der Waals surface area (Å²) >= 11 is 0. The maximum Gasteiger partial charge on any atom is 0.573 e. The van der Waals surface area contributed by atoms with Crippen LogP contribution < -0.4 is 10.1 Å². The maximum absolute atomic E-state index is 12.4. The lowest BCUT2D eigenvalue weighted by molar-refractivity contribution is -0.274. The molecule has 0 unspecified atom stereocenters. The number of rotatable bonds is 4. The van der Waals surface area contributed by atoms with Crippen LogP contribution in [-0.4, -0.2) is 45.7 Å². The Balaban J connectivity index is 1.35. The van der Waals surface area contributed by atoms with Crippen LogP contribution >= 0.6 is 0 Å². The molecule has 1 N–H and O–H groups in total. The monoisotopic (exact) mass is 381 g/mol. The third-order valence-corrected chi connectivity index (χ3v) is 5.14. The largest absolute Gasteiger partial charge is 0.573 e. The number of hydrogen-bond acceptors (Lipinski definition) is 5. The van der Waals surface area contributed by atoms with E-state index in [9.17, 15) is 13.2 Å². The minimum atomic E-state index is -4.66. The summed E-state index contributed by atoms with van der Waals surface area (Å²) in [6.07, 6.45) is -2.71. The third-order valence-electron chi connectivity index (χ3n) is 5.14. The van der Waals surface area contributed by atoms with Crippen molar-refractivity contribution in [3.63, 3.8) is 0 Å². The summed E-state index contributed by atoms with van der Waals surface area (Å²) in [6.45, 7) is 4.99. The Hall–Kier alpha value is -2.13. The topological polar surface area (TPSA) is 55.2 Å². The van der Waals surface area contributed by atoms with Crippen LogP contribution in [0.3, 0.4) is 0 Å². The summed E-state index contributed by atoms with van der Waals surface area (Å²) in [5, 5.41) is 12.0. The van der Waals surface area contributed by atoms with E-state index in [4.69, 9.17) is 0 Å². The highest BCUT2D eigenvalue weighted by Crippen LogP contribution is 2.29. The molecular formula is C18H22F3N5O. The first kappa shape index (κ1) is 18.2. The fraction of sp³-hybridized carbons (Fsp3) is 0.556. The number of fused-ring (bicyclic) bond motifs is 1. The molecule has 2 aliphatic rings. The fourth-order valence-corrected chi connectivity index (χ4v) is 3.87. The molecule has 4 rings (SSSR count). The fourth-order valence-electron chi connectivity index (χ4n) is 3.87. The molecule has 2 aromatic rings. The summed E-state index contributed by atoms with van der Waals surface area (Å²) in [5.74, 6) is 2.30. The molecule has 27 heavy (non-hydrogen) atoms. The van der Waals surface area contributed by atoms with Crippen molar-refractivity contribution in [3.8, 4) is 5.75 Å². The summed E-state index contributed by atoms with van der Waals surface area (Å²) in [7, 11) is 0. The van der Waals surface area contributed by atoms with E-state index >= 15 is 0 Å². The normalized spacial score (nSPS) is 19.1. The Labute approximate surface area is 155 Å². The van der Waals surface area contributed by atoms with Crippen LogP contribution in [0, 0.1) is 0 Å². The standard InChI is InChI=1S/C18H22F3N5O/c19-18(20,21)27-15-3-1-2-13(10-15)12-25-7-4-14(5-8-25)17-24-23-16-11-22-6-9-26(16)17/h1-3,10,14,22H,4-9,11-12H2. The highest BCUT2D eigenvalue weighted by Gasteiger charge is 2.31. The molecule has 0 amide bonds. The van der Waals surface area contributed by atoms with Gasteiger partial charge in [0.25, 0.3) is 0 Å². The molecule has 0 saturated carbocycles. The predicted octanol–water partition coefficient (Wildman–Crippen LogP) is 2.66. The second-order valence-electron chi connectivity index (χ2n) is 7.05. The number of aromatic nitrogens is 3. The second-order valence-corrected chi connectivity index (χ2v) is 7.05. The number of halogens is 3. The Morgan fingerprint density at radius 3 is 2.74 bits per heavy atom. The molecule has 0 aliphatic carbocycles. The summed E-state index contributed by atoms with van der Waals surface area (Å²) < 4.78 is 43.4. The van der Waals surface area contributed by atoms with Crippen LogP contribution in [0.15, 0.2) is 24.3 Å². The lowest BCUT2D eigenvalue weighted by Gasteiger charge is -2.32. The van der Waals surface area contributed by atoms with Crippen LogP contribution in [0.1, 0.15) is 36.0 Å². The molecule has 146 valence electrons. The van der Waals surface area contributed by atoms with Crippen LogP contribution in [0.2, 0.25) is 0 Å². The zero-order chi connectivity index (χ0) is 18.9. The van der Waals surface area contributed by atoms with Crippen molar-refractivity contribution in [2.24, 2.45) is 0 Å². The van der Waals surface area contributed by atoms with Crippen LogP contribution in [0.5, 0.6) is 5.75 Å². The molecule has 0 spiro atoms. The molecule has 1 fully saturated rings. The SMILES string of the molecule is FC(F)(F)Oc1cccc(CN2CCC(c3nnc4n3CCNC4)CC2)c1. The van der Waals surface area contributed by atoms with E-state index < -0.39 is 6.36 Å². The number of nitrogens with one attached hydrogen (secondary N) is 1. The molecule has 1 aromatic carbocycles. The minimum Gasteiger partial charge on any atom is -0.406 e. The summed E-state index contributed by atoms with van der Waals surface area (Å²) in [4.78, 5) is 2.26. The van der Waals surface area contributed by atoms with Crippen molar-refractivity contribution in [2.45, 2.75) is 44.8 Å². The summed E-state index contributed by atoms with van der Waals surface area (Å²) in [6, 6.07) is 6.21. The zero-order valence-corrected chi connectivity index (χ0v) is 14.9. The van der Waals surface area contributed by atoms with Crippen LogP contribution in [0.4, 0.5) is 13.2 Å². The molecule has 2 aliphatic heterocycles. The number of hydrogen-bond donors (Lipinski definition) is 1. The lowest BCUT2D eigenvalue weighted by Crippen LogP contribution is -2.34. The first-order valence-electron chi connectivity index (χ1n) is 9.18. The van der Waals surface area contributed by atoms with Gasteiger partial charge in [-0.05, 0) is 43.6 Å². The number of piperidine rings is 1. The van der Waals surface area contributed by atoms with Crippen molar-refractivity contribution in [2.75, 3.05) is 19.6 Å². The van der Waals surface area contributed by atoms with Gasteiger partial charge in [0, 0.05) is 25.6 Å². The van der Waals surface area contributed by atoms with Crippen LogP contribution in [0.25, 0.3) is 0 Å². The molecule has 0 bridgehead atoms. The quantitative estimate of drug-likeness (QED) is 0.883. The van der Waals surface area contributed by atoms with Gasteiger partial charge in [-0.25, -0.2) is 0 Å². The van der Waals surface area contributed by atoms with Gasteiger partial charge in [-0.1, -0.05) is 12.1 Å². The van der Waals surface area contributed by atoms with Gasteiger partial charge >= 0.3 is 6.36 Å². The first-order chi connectivity index (χ1) is 13.0. The van der Waals surface area contributed by atoms with E-state index in [0.29, 0.717) is 12.5 Å². The molecule has 9 heteroatoms. The molecule has 0 atom stereocenters. The average Bonchev–Trinajstić information content (AvgIpc) is 3.05. The van der Waals surface area contributed by atoms with Gasteiger partial charge in [0.05, 0.1) is 6.54 Å². The van der Waals surface area contributed by atoms with Crippen molar-refractivity contribution in [1.82, 2.24) is 25.0 Å². The van der Waals surface area contributed by atoms with Gasteiger partial charge in [0.1, 0.15) is 17.4 Å². The summed E-state index contributed by atoms with van der Waals surface area (Å²) in [5.41, 5.74) is 0.820. The Morgan fingerprint density at radius 1 is 1.15 bits per heavy atom. The van der Waals surface area contributed by atoms with Crippen molar-refractivity contribution in [1.29, 1.82) is 0 Å². The number of nitrogens with zero attached hydrogens (tertiary/aromatic N) is 4. The Kier molecular flexibility index (Phi) is 5.05. The Bertz CT molecular complexity index is 784. The minimum absolute atomic E-state index is 0.168. The third kappa shape index (κ3) is 4.41. The maximum atomic E-state index is 12.4. The molecule has 6 nitrogen and oxygen atoms in total. The van der Waals surface area contributed by atoms with E-state index in [1.807, 2.05) is 6.07 Å². The van der Waals surface area contributed by atoms with Gasteiger partial charge in [-0.2, -0.15) is 0 Å². The van der Waals surface area contributed by atoms with Crippen molar-refractivity contribution in [3.05, 3.63) is 41.5 Å². The molecule has 1 aromatic heterocycles. The highest BCUT2D eigenvalue weighted by atomic mass is 19.4. The van der Waals surface area contributed by atoms with Crippen molar-refractivity contribution < 1.29 is 17.9 Å². The van der Waals surface area contributed by atoms with Crippen LogP contribution in [-0.2, 0) is 19.6 Å². The molecular weight excluding hydrogens is 359 g/mol. The highest BCUT2D eigenvalue weighted by molar-refractivity contribution is 5.28. The number of ether oxygens (including phenoxy) is 1.